The van der Waals surface area contributed by atoms with Crippen LogP contribution in [0.1, 0.15) is 79.0 Å². The van der Waals surface area contributed by atoms with Crippen LogP contribution in [0.2, 0.25) is 0 Å². The quantitative estimate of drug-likeness (QED) is 0.824. The number of rotatable bonds is 4. The second kappa shape index (κ2) is 7.85. The molecule has 2 N–H and O–H groups in total. The van der Waals surface area contributed by atoms with Crippen molar-refractivity contribution < 1.29 is 0 Å². The molecule has 1 aromatic heterocycles. The lowest BCUT2D eigenvalue weighted by molar-refractivity contribution is 0.151. The lowest BCUT2D eigenvalue weighted by Crippen LogP contribution is -2.61. The van der Waals surface area contributed by atoms with E-state index in [-0.39, 0.29) is 11.1 Å². The van der Waals surface area contributed by atoms with Crippen molar-refractivity contribution >= 4 is 22.7 Å². The maximum atomic E-state index is 4.77. The fourth-order valence-electron chi connectivity index (χ4n) is 4.66. The molecule has 3 heterocycles. The largest absolute Gasteiger partial charge is 0.386 e. The van der Waals surface area contributed by atoms with Crippen LogP contribution in [0.15, 0.2) is 5.70 Å². The minimum Gasteiger partial charge on any atom is -0.386 e. The van der Waals surface area contributed by atoms with Crippen molar-refractivity contribution in [1.29, 1.82) is 0 Å². The minimum absolute atomic E-state index is 0.151. The minimum atomic E-state index is 0.151. The molecule has 2 saturated heterocycles. The SMILES string of the molecule is CC(=Cc1nsc(N2CCCCCC2)n1)NC1CC(C)(C)NC(C)(C)C1. The van der Waals surface area contributed by atoms with Crippen molar-refractivity contribution in [1.82, 2.24) is 20.0 Å². The maximum Gasteiger partial charge on any atom is 0.205 e. The number of nitrogens with one attached hydrogen (secondary N) is 2. The van der Waals surface area contributed by atoms with Crippen LogP contribution < -0.4 is 15.5 Å². The first-order valence-corrected chi connectivity index (χ1v) is 10.8. The maximum absolute atomic E-state index is 4.77. The number of anilines is 1. The van der Waals surface area contributed by atoms with E-state index in [1.165, 1.54) is 37.2 Å². The summed E-state index contributed by atoms with van der Waals surface area (Å²) in [4.78, 5) is 7.18. The zero-order valence-electron chi connectivity index (χ0n) is 17.1. The summed E-state index contributed by atoms with van der Waals surface area (Å²) in [6.07, 6.45) is 9.55. The normalized spacial score (nSPS) is 24.3. The molecule has 0 spiro atoms. The summed E-state index contributed by atoms with van der Waals surface area (Å²) in [6, 6.07) is 0.473. The Hall–Kier alpha value is -1.14. The highest BCUT2D eigenvalue weighted by Crippen LogP contribution is 2.29. The van der Waals surface area contributed by atoms with Gasteiger partial charge in [-0.1, -0.05) is 12.8 Å². The summed E-state index contributed by atoms with van der Waals surface area (Å²) in [5.41, 5.74) is 1.46. The fourth-order valence-corrected chi connectivity index (χ4v) is 5.36. The molecule has 0 radical (unpaired) electrons. The average Bonchev–Trinajstić information content (AvgIpc) is 2.78. The highest BCUT2D eigenvalue weighted by molar-refractivity contribution is 7.09. The second-order valence-corrected chi connectivity index (χ2v) is 10.0. The summed E-state index contributed by atoms with van der Waals surface area (Å²) >= 11 is 1.54. The van der Waals surface area contributed by atoms with Gasteiger partial charge < -0.3 is 15.5 Å². The zero-order chi connectivity index (χ0) is 18.8. The molecule has 5 nitrogen and oxygen atoms in total. The molecule has 1 aromatic rings. The van der Waals surface area contributed by atoms with Gasteiger partial charge in [-0.3, -0.25) is 0 Å². The van der Waals surface area contributed by atoms with Crippen LogP contribution >= 0.6 is 11.5 Å². The molecule has 3 rings (SSSR count). The van der Waals surface area contributed by atoms with Crippen molar-refractivity contribution in [2.75, 3.05) is 18.0 Å². The number of hydrogen-bond donors (Lipinski definition) is 2. The van der Waals surface area contributed by atoms with Crippen LogP contribution in [0.25, 0.3) is 6.08 Å². The molecule has 0 aromatic carbocycles. The monoisotopic (exact) mass is 377 g/mol. The molecule has 2 aliphatic heterocycles. The lowest BCUT2D eigenvalue weighted by atomic mass is 9.79. The zero-order valence-corrected chi connectivity index (χ0v) is 17.9. The molecule has 0 saturated carbocycles. The van der Waals surface area contributed by atoms with Crippen molar-refractivity contribution in [2.24, 2.45) is 0 Å². The molecule has 0 amide bonds. The molecule has 0 aliphatic carbocycles. The molecule has 0 unspecified atom stereocenters. The second-order valence-electron chi connectivity index (χ2n) is 9.31. The van der Waals surface area contributed by atoms with E-state index in [0.29, 0.717) is 6.04 Å². The van der Waals surface area contributed by atoms with E-state index in [2.05, 4.69) is 60.6 Å². The van der Waals surface area contributed by atoms with Crippen molar-refractivity contribution in [3.8, 4) is 0 Å². The van der Waals surface area contributed by atoms with Crippen LogP contribution in [0.4, 0.5) is 5.13 Å². The molecule has 146 valence electrons. The number of hydrogen-bond acceptors (Lipinski definition) is 6. The molecule has 6 heteroatoms. The van der Waals surface area contributed by atoms with Gasteiger partial charge in [0.25, 0.3) is 0 Å². The molecule has 0 bridgehead atoms. The van der Waals surface area contributed by atoms with Gasteiger partial charge in [-0.2, -0.15) is 9.36 Å². The van der Waals surface area contributed by atoms with Gasteiger partial charge in [-0.05, 0) is 60.3 Å². The lowest BCUT2D eigenvalue weighted by Gasteiger charge is -2.47. The third-order valence-corrected chi connectivity index (χ3v) is 6.07. The summed E-state index contributed by atoms with van der Waals surface area (Å²) < 4.78 is 4.57. The van der Waals surface area contributed by atoms with Gasteiger partial charge in [-0.15, -0.1) is 0 Å². The third-order valence-electron chi connectivity index (χ3n) is 5.28. The van der Waals surface area contributed by atoms with Crippen molar-refractivity contribution in [2.45, 2.75) is 90.3 Å². The van der Waals surface area contributed by atoms with Gasteiger partial charge in [0.15, 0.2) is 5.82 Å². The van der Waals surface area contributed by atoms with E-state index in [9.17, 15) is 0 Å². The predicted molar refractivity (Wildman–Crippen MR) is 112 cm³/mol. The molecule has 2 fully saturated rings. The third kappa shape index (κ3) is 5.43. The predicted octanol–water partition coefficient (Wildman–Crippen LogP) is 4.18. The first-order valence-electron chi connectivity index (χ1n) is 10.1. The van der Waals surface area contributed by atoms with Crippen molar-refractivity contribution in [3.05, 3.63) is 11.5 Å². The van der Waals surface area contributed by atoms with Crippen LogP contribution in [-0.4, -0.2) is 39.6 Å². The first kappa shape index (κ1) is 19.6. The summed E-state index contributed by atoms with van der Waals surface area (Å²) in [5.74, 6) is 0.840. The van der Waals surface area contributed by atoms with Crippen LogP contribution in [0.5, 0.6) is 0 Å². The van der Waals surface area contributed by atoms with E-state index in [1.807, 2.05) is 0 Å². The molecular weight excluding hydrogens is 342 g/mol. The number of allylic oxidation sites excluding steroid dienone is 1. The van der Waals surface area contributed by atoms with Crippen molar-refractivity contribution in [3.63, 3.8) is 0 Å². The molecule has 26 heavy (non-hydrogen) atoms. The Bertz CT molecular complexity index is 610. The highest BCUT2D eigenvalue weighted by atomic mass is 32.1. The van der Waals surface area contributed by atoms with Gasteiger partial charge in [0, 0.05) is 53.5 Å². The summed E-state index contributed by atoms with van der Waals surface area (Å²) in [5, 5.41) is 8.53. The van der Waals surface area contributed by atoms with Gasteiger partial charge in [-0.25, -0.2) is 0 Å². The standard InChI is InChI=1S/C20H35N5S/c1-15(21-16-13-19(2,3)24-20(4,5)14-16)12-17-22-18(26-23-17)25-10-8-6-7-9-11-25/h12,16,21,24H,6-11,13-14H2,1-5H3. The van der Waals surface area contributed by atoms with Gasteiger partial charge in [0.1, 0.15) is 0 Å². The Labute approximate surface area is 162 Å². The topological polar surface area (TPSA) is 53.1 Å². The number of nitrogens with zero attached hydrogens (tertiary/aromatic N) is 3. The molecule has 0 atom stereocenters. The van der Waals surface area contributed by atoms with E-state index in [1.54, 1.807) is 0 Å². The smallest absolute Gasteiger partial charge is 0.205 e. The van der Waals surface area contributed by atoms with E-state index < -0.39 is 0 Å². The Morgan fingerprint density at radius 1 is 1.12 bits per heavy atom. The molecule has 2 aliphatic rings. The fraction of sp³-hybridized carbons (Fsp3) is 0.800. The summed E-state index contributed by atoms with van der Waals surface area (Å²) in [7, 11) is 0. The van der Waals surface area contributed by atoms with Gasteiger partial charge >= 0.3 is 0 Å². The first-order chi connectivity index (χ1) is 12.2. The van der Waals surface area contributed by atoms with Gasteiger partial charge in [0.05, 0.1) is 0 Å². The average molecular weight is 378 g/mol. The van der Waals surface area contributed by atoms with E-state index >= 15 is 0 Å². The summed E-state index contributed by atoms with van der Waals surface area (Å²) in [6.45, 7) is 13.5. The number of aromatic nitrogens is 2. The van der Waals surface area contributed by atoms with Gasteiger partial charge in [0.2, 0.25) is 5.13 Å². The number of piperidine rings is 1. The molecular formula is C20H35N5S. The van der Waals surface area contributed by atoms with E-state index in [4.69, 9.17) is 4.98 Å². The Kier molecular flexibility index (Phi) is 5.92. The Morgan fingerprint density at radius 3 is 2.35 bits per heavy atom. The van der Waals surface area contributed by atoms with Crippen LogP contribution in [0, 0.1) is 0 Å². The van der Waals surface area contributed by atoms with E-state index in [0.717, 1.165) is 42.6 Å². The Balaban J connectivity index is 1.63. The Morgan fingerprint density at radius 2 is 1.73 bits per heavy atom. The van der Waals surface area contributed by atoms with Crippen LogP contribution in [-0.2, 0) is 0 Å². The van der Waals surface area contributed by atoms with Crippen LogP contribution in [0.3, 0.4) is 0 Å². The highest BCUT2D eigenvalue weighted by Gasteiger charge is 2.37.